The Morgan fingerprint density at radius 1 is 1.16 bits per heavy atom. The number of carbonyl (C=O) groups is 1. The third kappa shape index (κ3) is 4.47. The van der Waals surface area contributed by atoms with Gasteiger partial charge in [0, 0.05) is 29.4 Å². The number of thioether (sulfide) groups is 1. The molecule has 7 heteroatoms. The first kappa shape index (κ1) is 21.8. The van der Waals surface area contributed by atoms with Crippen LogP contribution in [0.2, 0.25) is 0 Å². The molecule has 1 aromatic heterocycles. The third-order valence-electron chi connectivity index (χ3n) is 5.89. The van der Waals surface area contributed by atoms with Crippen LogP contribution >= 0.6 is 11.8 Å². The molecule has 0 saturated heterocycles. The maximum atomic E-state index is 13.6. The van der Waals surface area contributed by atoms with E-state index in [-0.39, 0.29) is 22.6 Å². The quantitative estimate of drug-likeness (QED) is 0.357. The number of hydrogen-bond acceptors (Lipinski definition) is 5. The molecule has 0 spiro atoms. The fourth-order valence-corrected chi connectivity index (χ4v) is 5.33. The highest BCUT2D eigenvalue weighted by molar-refractivity contribution is 7.99. The van der Waals surface area contributed by atoms with Crippen molar-refractivity contribution in [2.24, 2.45) is 5.41 Å². The molecule has 2 aromatic rings. The number of Topliss-reactive ketones (excluding diaryl/α,β-unsaturated/α-hetero) is 1. The van der Waals surface area contributed by atoms with Gasteiger partial charge in [-0.2, -0.15) is 0 Å². The van der Waals surface area contributed by atoms with Gasteiger partial charge in [0.05, 0.1) is 5.56 Å². The van der Waals surface area contributed by atoms with E-state index in [0.717, 1.165) is 36.3 Å². The molecule has 1 unspecified atom stereocenters. The predicted molar refractivity (Wildman–Crippen MR) is 122 cm³/mol. The van der Waals surface area contributed by atoms with E-state index in [1.807, 2.05) is 0 Å². The van der Waals surface area contributed by atoms with Crippen LogP contribution in [0.1, 0.15) is 69.9 Å². The Morgan fingerprint density at radius 2 is 1.90 bits per heavy atom. The zero-order chi connectivity index (χ0) is 22.2. The van der Waals surface area contributed by atoms with Gasteiger partial charge >= 0.3 is 0 Å². The fourth-order valence-electron chi connectivity index (χ4n) is 4.47. The summed E-state index contributed by atoms with van der Waals surface area (Å²) in [5.41, 5.74) is 2.15. The van der Waals surface area contributed by atoms with Crippen molar-refractivity contribution < 1.29 is 9.18 Å². The number of rotatable bonds is 6. The van der Waals surface area contributed by atoms with Gasteiger partial charge in [0.2, 0.25) is 0 Å². The number of carbonyl (C=O) groups excluding carboxylic acids is 1. The van der Waals surface area contributed by atoms with Crippen LogP contribution in [-0.2, 0) is 4.79 Å². The smallest absolute Gasteiger partial charge is 0.257 e. The van der Waals surface area contributed by atoms with Gasteiger partial charge in [-0.15, -0.1) is 0 Å². The number of ketones is 1. The second-order valence-electron chi connectivity index (χ2n) is 9.13. The Labute approximate surface area is 185 Å². The summed E-state index contributed by atoms with van der Waals surface area (Å²) in [6, 6.07) is 6.04. The van der Waals surface area contributed by atoms with Crippen molar-refractivity contribution in [2.45, 2.75) is 63.9 Å². The maximum Gasteiger partial charge on any atom is 0.257 e. The van der Waals surface area contributed by atoms with Crippen molar-refractivity contribution in [1.29, 1.82) is 0 Å². The third-order valence-corrected chi connectivity index (χ3v) is 6.85. The lowest BCUT2D eigenvalue weighted by atomic mass is 9.69. The number of nitrogens with zero attached hydrogens (tertiary/aromatic N) is 1. The Balaban J connectivity index is 1.80. The number of allylic oxidation sites excluding steroid dienone is 2. The molecule has 1 aliphatic carbocycles. The van der Waals surface area contributed by atoms with E-state index >= 15 is 0 Å². The second kappa shape index (κ2) is 8.61. The van der Waals surface area contributed by atoms with Crippen molar-refractivity contribution in [3.63, 3.8) is 0 Å². The number of benzene rings is 1. The van der Waals surface area contributed by atoms with Crippen LogP contribution < -0.4 is 10.9 Å². The minimum atomic E-state index is -0.550. The zero-order valence-corrected chi connectivity index (χ0v) is 19.0. The summed E-state index contributed by atoms with van der Waals surface area (Å²) in [4.78, 5) is 34.0. The van der Waals surface area contributed by atoms with Crippen molar-refractivity contribution in [3.8, 4) is 0 Å². The average Bonchev–Trinajstić information content (AvgIpc) is 2.69. The number of H-pyrrole nitrogens is 1. The molecule has 2 N–H and O–H groups in total. The van der Waals surface area contributed by atoms with Gasteiger partial charge in [-0.3, -0.25) is 9.59 Å². The van der Waals surface area contributed by atoms with Gasteiger partial charge in [-0.1, -0.05) is 57.5 Å². The van der Waals surface area contributed by atoms with E-state index in [0.29, 0.717) is 35.0 Å². The Morgan fingerprint density at radius 3 is 2.61 bits per heavy atom. The number of hydrogen-bond donors (Lipinski definition) is 2. The summed E-state index contributed by atoms with van der Waals surface area (Å²) in [6.07, 6.45) is 4.44. The van der Waals surface area contributed by atoms with E-state index < -0.39 is 5.92 Å². The summed E-state index contributed by atoms with van der Waals surface area (Å²) in [5.74, 6) is 0.507. The van der Waals surface area contributed by atoms with Gasteiger partial charge in [-0.25, -0.2) is 9.37 Å². The van der Waals surface area contributed by atoms with Crippen molar-refractivity contribution in [1.82, 2.24) is 9.97 Å². The average molecular weight is 442 g/mol. The van der Waals surface area contributed by atoms with Gasteiger partial charge < -0.3 is 10.3 Å². The summed E-state index contributed by atoms with van der Waals surface area (Å²) < 4.78 is 13.6. The van der Waals surface area contributed by atoms with Crippen molar-refractivity contribution >= 4 is 23.4 Å². The van der Waals surface area contributed by atoms with Crippen LogP contribution in [0.5, 0.6) is 0 Å². The maximum absolute atomic E-state index is 13.6. The molecular formula is C24H28FN3O2S. The lowest BCUT2D eigenvalue weighted by Crippen LogP contribution is -2.37. The number of unbranched alkanes of at least 4 members (excludes halogenated alkanes) is 2. The van der Waals surface area contributed by atoms with Gasteiger partial charge in [0.15, 0.2) is 10.9 Å². The number of aromatic nitrogens is 2. The molecule has 0 radical (unpaired) electrons. The monoisotopic (exact) mass is 441 g/mol. The summed E-state index contributed by atoms with van der Waals surface area (Å²) in [6.45, 7) is 6.29. The number of anilines is 1. The molecule has 0 saturated carbocycles. The molecular weight excluding hydrogens is 413 g/mol. The first-order valence-electron chi connectivity index (χ1n) is 10.8. The number of aromatic amines is 1. The standard InChI is InChI=1S/C24H28FN3O2S/c1-4-5-6-11-31-23-27-21-20(22(30)28-23)18(14-7-9-15(25)10-8-14)19-16(26-21)12-24(2,3)13-17(19)29/h7-10,18H,4-6,11-13H2,1-3H3,(H2,26,27,28,30). The summed E-state index contributed by atoms with van der Waals surface area (Å²) in [7, 11) is 0. The highest BCUT2D eigenvalue weighted by Gasteiger charge is 2.42. The molecule has 2 heterocycles. The SMILES string of the molecule is CCCCCSc1nc2c(c(=O)[nH]1)C(c1ccc(F)cc1)C1=C(CC(C)(C)CC1=O)N2. The number of fused-ring (bicyclic) bond motifs is 1. The summed E-state index contributed by atoms with van der Waals surface area (Å²) in [5, 5.41) is 3.90. The number of halogens is 1. The van der Waals surface area contributed by atoms with Gasteiger partial charge in [-0.05, 0) is 36.0 Å². The van der Waals surface area contributed by atoms with Gasteiger partial charge in [0.1, 0.15) is 11.6 Å². The van der Waals surface area contributed by atoms with E-state index in [1.54, 1.807) is 12.1 Å². The molecule has 164 valence electrons. The normalized spacial score (nSPS) is 19.6. The molecule has 4 rings (SSSR count). The van der Waals surface area contributed by atoms with E-state index in [1.165, 1.54) is 23.9 Å². The van der Waals surface area contributed by atoms with Crippen LogP contribution in [0.4, 0.5) is 10.2 Å². The van der Waals surface area contributed by atoms with Gasteiger partial charge in [0.25, 0.3) is 5.56 Å². The van der Waals surface area contributed by atoms with Crippen LogP contribution in [0, 0.1) is 11.2 Å². The molecule has 1 aromatic carbocycles. The van der Waals surface area contributed by atoms with Crippen LogP contribution in [0.25, 0.3) is 0 Å². The van der Waals surface area contributed by atoms with Crippen LogP contribution in [0.15, 0.2) is 45.5 Å². The first-order valence-corrected chi connectivity index (χ1v) is 11.8. The second-order valence-corrected chi connectivity index (χ2v) is 10.2. The van der Waals surface area contributed by atoms with E-state index in [4.69, 9.17) is 4.98 Å². The topological polar surface area (TPSA) is 74.8 Å². The van der Waals surface area contributed by atoms with Crippen molar-refractivity contribution in [2.75, 3.05) is 11.1 Å². The minimum Gasteiger partial charge on any atom is -0.343 e. The highest BCUT2D eigenvalue weighted by Crippen LogP contribution is 2.47. The minimum absolute atomic E-state index is 0.0242. The molecule has 1 atom stereocenters. The zero-order valence-electron chi connectivity index (χ0n) is 18.2. The Hall–Kier alpha value is -2.41. The predicted octanol–water partition coefficient (Wildman–Crippen LogP) is 5.39. The molecule has 2 aliphatic rings. The summed E-state index contributed by atoms with van der Waals surface area (Å²) >= 11 is 1.54. The van der Waals surface area contributed by atoms with Crippen LogP contribution in [0.3, 0.4) is 0 Å². The fraction of sp³-hybridized carbons (Fsp3) is 0.458. The largest absolute Gasteiger partial charge is 0.343 e. The molecule has 1 aliphatic heterocycles. The number of nitrogens with one attached hydrogen (secondary N) is 2. The van der Waals surface area contributed by atoms with Crippen LogP contribution in [-0.4, -0.2) is 21.5 Å². The molecule has 5 nitrogen and oxygen atoms in total. The van der Waals surface area contributed by atoms with E-state index in [2.05, 4.69) is 31.1 Å². The molecule has 31 heavy (non-hydrogen) atoms. The lowest BCUT2D eigenvalue weighted by molar-refractivity contribution is -0.118. The highest BCUT2D eigenvalue weighted by atomic mass is 32.2. The van der Waals surface area contributed by atoms with Crippen molar-refractivity contribution in [3.05, 3.63) is 62.8 Å². The first-order chi connectivity index (χ1) is 14.8. The lowest BCUT2D eigenvalue weighted by Gasteiger charge is -2.38. The van der Waals surface area contributed by atoms with E-state index in [9.17, 15) is 14.0 Å². The molecule has 0 amide bonds. The Kier molecular flexibility index (Phi) is 6.06. The Bertz CT molecular complexity index is 1090. The molecule has 0 fully saturated rings. The molecule has 0 bridgehead atoms.